The fourth-order valence-electron chi connectivity index (χ4n) is 0.779. The van der Waals surface area contributed by atoms with Gasteiger partial charge >= 0.3 is 0 Å². The van der Waals surface area contributed by atoms with E-state index in [1.54, 1.807) is 0 Å². The van der Waals surface area contributed by atoms with Crippen LogP contribution in [-0.2, 0) is 4.79 Å². The molecule has 0 fully saturated rings. The number of carbonyl (C=O) groups is 2. The second-order valence-electron chi connectivity index (χ2n) is 2.23. The van der Waals surface area contributed by atoms with Gasteiger partial charge < -0.3 is 10.6 Å². The van der Waals surface area contributed by atoms with Gasteiger partial charge in [0.05, 0.1) is 0 Å². The number of hydrogen-bond donors (Lipinski definition) is 2. The molecule has 0 aliphatic carbocycles. The number of amides is 2. The number of nitrogens with one attached hydrogen (secondary N) is 1. The van der Waals surface area contributed by atoms with Gasteiger partial charge in [-0.15, -0.1) is 0 Å². The summed E-state index contributed by atoms with van der Waals surface area (Å²) in [4.78, 5) is 25.2. The van der Waals surface area contributed by atoms with E-state index >= 15 is 0 Å². The average molecular weight is 180 g/mol. The molecule has 1 rings (SSSR count). The Morgan fingerprint density at radius 1 is 1.38 bits per heavy atom. The third kappa shape index (κ3) is 2.48. The first-order chi connectivity index (χ1) is 6.24. The lowest BCUT2D eigenvalue weighted by Gasteiger charge is -2.01. The number of rotatable bonds is 4. The van der Waals surface area contributed by atoms with Gasteiger partial charge in [0.15, 0.2) is 5.75 Å². The molecule has 0 bridgehead atoms. The molecule has 68 valence electrons. The second-order valence-corrected chi connectivity index (χ2v) is 2.23. The van der Waals surface area contributed by atoms with E-state index in [1.165, 1.54) is 24.3 Å². The number of hydroxylamine groups is 1. The fraction of sp³-hybridized carbons (Fsp3) is 0. The minimum absolute atomic E-state index is 0.387. The van der Waals surface area contributed by atoms with E-state index in [1.807, 2.05) is 5.48 Å². The molecule has 0 saturated heterocycles. The molecule has 0 saturated carbocycles. The van der Waals surface area contributed by atoms with Crippen LogP contribution in [0.2, 0.25) is 0 Å². The molecule has 13 heavy (non-hydrogen) atoms. The second kappa shape index (κ2) is 4.10. The molecule has 2 amide bonds. The van der Waals surface area contributed by atoms with Gasteiger partial charge in [-0.3, -0.25) is 9.59 Å². The molecule has 0 atom stereocenters. The highest BCUT2D eigenvalue weighted by Gasteiger charge is 1.99. The van der Waals surface area contributed by atoms with Crippen LogP contribution in [-0.4, -0.2) is 12.3 Å². The summed E-state index contributed by atoms with van der Waals surface area (Å²) >= 11 is 0. The molecule has 5 nitrogen and oxygen atoms in total. The number of carbonyl (C=O) groups excluding carboxylic acids is 2. The van der Waals surface area contributed by atoms with Crippen molar-refractivity contribution in [1.82, 2.24) is 5.48 Å². The van der Waals surface area contributed by atoms with Crippen molar-refractivity contribution in [2.24, 2.45) is 5.73 Å². The molecule has 0 aliphatic rings. The largest absolute Gasteiger partial charge is 0.380 e. The van der Waals surface area contributed by atoms with E-state index in [9.17, 15) is 9.59 Å². The lowest BCUT2D eigenvalue weighted by atomic mass is 10.2. The summed E-state index contributed by atoms with van der Waals surface area (Å²) in [7, 11) is 0. The Morgan fingerprint density at radius 3 is 2.46 bits per heavy atom. The smallest absolute Gasteiger partial charge is 0.248 e. The van der Waals surface area contributed by atoms with Crippen molar-refractivity contribution < 1.29 is 14.4 Å². The van der Waals surface area contributed by atoms with Crippen molar-refractivity contribution in [3.63, 3.8) is 0 Å². The van der Waals surface area contributed by atoms with Gasteiger partial charge in [-0.25, -0.2) is 0 Å². The summed E-state index contributed by atoms with van der Waals surface area (Å²) in [5.74, 6) is -0.0769. The first-order valence-electron chi connectivity index (χ1n) is 3.50. The molecule has 1 aromatic carbocycles. The van der Waals surface area contributed by atoms with Gasteiger partial charge in [0.2, 0.25) is 12.3 Å². The Hall–Kier alpha value is -2.04. The normalized spacial score (nSPS) is 8.92. The predicted molar refractivity (Wildman–Crippen MR) is 44.8 cm³/mol. The Bertz CT molecular complexity index is 308. The van der Waals surface area contributed by atoms with Crippen LogP contribution in [0.3, 0.4) is 0 Å². The Morgan fingerprint density at radius 2 is 2.00 bits per heavy atom. The van der Waals surface area contributed by atoms with Gasteiger partial charge in [0.1, 0.15) is 0 Å². The summed E-state index contributed by atoms with van der Waals surface area (Å²) < 4.78 is 0. The quantitative estimate of drug-likeness (QED) is 0.498. The summed E-state index contributed by atoms with van der Waals surface area (Å²) in [6.07, 6.45) is 0.405. The van der Waals surface area contributed by atoms with E-state index in [0.29, 0.717) is 17.7 Å². The molecule has 1 aromatic rings. The summed E-state index contributed by atoms with van der Waals surface area (Å²) in [6, 6.07) is 6.06. The van der Waals surface area contributed by atoms with Crippen LogP contribution < -0.4 is 16.1 Å². The van der Waals surface area contributed by atoms with Crippen LogP contribution in [0.4, 0.5) is 0 Å². The molecule has 5 heteroatoms. The van der Waals surface area contributed by atoms with Gasteiger partial charge in [0.25, 0.3) is 0 Å². The maximum Gasteiger partial charge on any atom is 0.248 e. The number of benzene rings is 1. The van der Waals surface area contributed by atoms with Crippen LogP contribution in [0, 0.1) is 0 Å². The van der Waals surface area contributed by atoms with Crippen LogP contribution >= 0.6 is 0 Å². The standard InChI is InChI=1S/C8H8N2O3/c9-8(12)6-1-3-7(4-2-6)13-10-5-11/h1-5H,(H2,9,12)(H,10,11). The molecule has 0 heterocycles. The maximum absolute atomic E-state index is 10.6. The van der Waals surface area contributed by atoms with Crippen molar-refractivity contribution in [2.45, 2.75) is 0 Å². The minimum Gasteiger partial charge on any atom is -0.380 e. The lowest BCUT2D eigenvalue weighted by molar-refractivity contribution is -0.115. The van der Waals surface area contributed by atoms with Crippen molar-refractivity contribution in [2.75, 3.05) is 0 Å². The van der Waals surface area contributed by atoms with Crippen LogP contribution in [0.15, 0.2) is 24.3 Å². The van der Waals surface area contributed by atoms with Crippen LogP contribution in [0.25, 0.3) is 0 Å². The van der Waals surface area contributed by atoms with Gasteiger partial charge in [-0.1, -0.05) is 0 Å². The monoisotopic (exact) mass is 180 g/mol. The first kappa shape index (κ1) is 9.05. The molecular formula is C8H8N2O3. The first-order valence-corrected chi connectivity index (χ1v) is 3.50. The summed E-state index contributed by atoms with van der Waals surface area (Å²) in [5.41, 5.74) is 7.42. The zero-order chi connectivity index (χ0) is 9.68. The highest BCUT2D eigenvalue weighted by Crippen LogP contribution is 2.10. The van der Waals surface area contributed by atoms with Crippen molar-refractivity contribution in [3.8, 4) is 5.75 Å². The van der Waals surface area contributed by atoms with E-state index in [0.717, 1.165) is 0 Å². The molecule has 0 unspecified atom stereocenters. The van der Waals surface area contributed by atoms with Crippen LogP contribution in [0.1, 0.15) is 10.4 Å². The molecule has 0 aromatic heterocycles. The van der Waals surface area contributed by atoms with Crippen LogP contribution in [0.5, 0.6) is 5.75 Å². The van der Waals surface area contributed by atoms with Crippen molar-refractivity contribution >= 4 is 12.3 Å². The zero-order valence-corrected chi connectivity index (χ0v) is 6.69. The Balaban J connectivity index is 2.69. The highest BCUT2D eigenvalue weighted by molar-refractivity contribution is 5.92. The number of hydrogen-bond acceptors (Lipinski definition) is 3. The van der Waals surface area contributed by atoms with E-state index in [2.05, 4.69) is 0 Å². The highest BCUT2D eigenvalue weighted by atomic mass is 16.6. The lowest BCUT2D eigenvalue weighted by Crippen LogP contribution is -2.15. The minimum atomic E-state index is -0.505. The Kier molecular flexibility index (Phi) is 2.86. The topological polar surface area (TPSA) is 81.4 Å². The number of nitrogens with two attached hydrogens (primary N) is 1. The molecule has 3 N–H and O–H groups in total. The van der Waals surface area contributed by atoms with Crippen molar-refractivity contribution in [3.05, 3.63) is 29.8 Å². The maximum atomic E-state index is 10.6. The molecule has 0 aliphatic heterocycles. The average Bonchev–Trinajstić information content (AvgIpc) is 2.15. The Labute approximate surface area is 74.4 Å². The third-order valence-electron chi connectivity index (χ3n) is 1.36. The molecular weight excluding hydrogens is 172 g/mol. The summed E-state index contributed by atoms with van der Waals surface area (Å²) in [5, 5.41) is 0. The van der Waals surface area contributed by atoms with Gasteiger partial charge in [-0.05, 0) is 24.3 Å². The predicted octanol–water partition coefficient (Wildman–Crippen LogP) is -0.175. The summed E-state index contributed by atoms with van der Waals surface area (Å²) in [6.45, 7) is 0. The third-order valence-corrected chi connectivity index (χ3v) is 1.36. The van der Waals surface area contributed by atoms with Gasteiger partial charge in [-0.2, -0.15) is 5.48 Å². The van der Waals surface area contributed by atoms with Gasteiger partial charge in [0, 0.05) is 5.56 Å². The van der Waals surface area contributed by atoms with E-state index in [4.69, 9.17) is 10.6 Å². The zero-order valence-electron chi connectivity index (χ0n) is 6.69. The SMILES string of the molecule is NC(=O)c1ccc(ONC=O)cc1. The van der Waals surface area contributed by atoms with Crippen molar-refractivity contribution in [1.29, 1.82) is 0 Å². The molecule has 0 radical (unpaired) electrons. The molecule has 0 spiro atoms. The van der Waals surface area contributed by atoms with E-state index < -0.39 is 5.91 Å². The fourth-order valence-corrected chi connectivity index (χ4v) is 0.779. The number of primary amides is 1. The van der Waals surface area contributed by atoms with E-state index in [-0.39, 0.29) is 0 Å².